The van der Waals surface area contributed by atoms with Crippen LogP contribution in [0.4, 0.5) is 5.69 Å². The topological polar surface area (TPSA) is 55.6 Å². The van der Waals surface area contributed by atoms with Crippen LogP contribution in [0.1, 0.15) is 32.6 Å². The van der Waals surface area contributed by atoms with Crippen LogP contribution >= 0.6 is 0 Å². The summed E-state index contributed by atoms with van der Waals surface area (Å²) < 4.78 is 5.68. The van der Waals surface area contributed by atoms with Gasteiger partial charge < -0.3 is 15.4 Å². The number of nitrogens with zero attached hydrogens (tertiary/aromatic N) is 1. The molecule has 0 aliphatic carbocycles. The number of ether oxygens (including phenoxy) is 1. The molecule has 1 aromatic carbocycles. The minimum atomic E-state index is -0.458. The third-order valence-electron chi connectivity index (χ3n) is 3.44. The Morgan fingerprint density at radius 2 is 1.95 bits per heavy atom. The molecule has 1 aliphatic heterocycles. The number of hydrogen-bond donors (Lipinski definition) is 1. The highest BCUT2D eigenvalue weighted by Crippen LogP contribution is 2.17. The Morgan fingerprint density at radius 1 is 1.26 bits per heavy atom. The Labute approximate surface area is 114 Å². The lowest BCUT2D eigenvalue weighted by Gasteiger charge is -2.24. The van der Waals surface area contributed by atoms with Crippen LogP contribution in [-0.4, -0.2) is 30.0 Å². The summed E-state index contributed by atoms with van der Waals surface area (Å²) in [7, 11) is 0. The fourth-order valence-corrected chi connectivity index (χ4v) is 2.39. The van der Waals surface area contributed by atoms with Gasteiger partial charge in [0, 0.05) is 24.8 Å². The van der Waals surface area contributed by atoms with E-state index in [4.69, 9.17) is 10.5 Å². The highest BCUT2D eigenvalue weighted by atomic mass is 16.5. The number of nitrogen functional groups attached to an aromatic ring is 1. The molecule has 1 amide bonds. The van der Waals surface area contributed by atoms with E-state index in [0.29, 0.717) is 11.4 Å². The van der Waals surface area contributed by atoms with Crippen LogP contribution in [0.15, 0.2) is 24.3 Å². The summed E-state index contributed by atoms with van der Waals surface area (Å²) in [5, 5.41) is 0. The van der Waals surface area contributed by atoms with Gasteiger partial charge >= 0.3 is 0 Å². The van der Waals surface area contributed by atoms with Gasteiger partial charge in [0.2, 0.25) is 0 Å². The fraction of sp³-hybridized carbons (Fsp3) is 0.533. The SMILES string of the molecule is C[C@H](Oc1cccc(N)c1)C(=O)N1CCCCCC1. The lowest BCUT2D eigenvalue weighted by molar-refractivity contribution is -0.137. The van der Waals surface area contributed by atoms with Crippen LogP contribution in [0.3, 0.4) is 0 Å². The van der Waals surface area contributed by atoms with Crippen molar-refractivity contribution in [1.82, 2.24) is 4.90 Å². The second-order valence-corrected chi connectivity index (χ2v) is 5.07. The molecule has 2 N–H and O–H groups in total. The van der Waals surface area contributed by atoms with Crippen molar-refractivity contribution in [2.45, 2.75) is 38.7 Å². The zero-order valence-corrected chi connectivity index (χ0v) is 11.5. The number of carbonyl (C=O) groups excluding carboxylic acids is 1. The summed E-state index contributed by atoms with van der Waals surface area (Å²) in [4.78, 5) is 14.2. The smallest absolute Gasteiger partial charge is 0.263 e. The van der Waals surface area contributed by atoms with Gasteiger partial charge in [0.25, 0.3) is 5.91 Å². The summed E-state index contributed by atoms with van der Waals surface area (Å²) in [5.41, 5.74) is 6.34. The fourth-order valence-electron chi connectivity index (χ4n) is 2.39. The lowest BCUT2D eigenvalue weighted by atomic mass is 10.2. The normalized spacial score (nSPS) is 17.6. The largest absolute Gasteiger partial charge is 0.481 e. The molecule has 2 rings (SSSR count). The Bertz CT molecular complexity index is 426. The third kappa shape index (κ3) is 3.88. The molecule has 0 radical (unpaired) electrons. The Kier molecular flexibility index (Phi) is 4.66. The Hall–Kier alpha value is -1.71. The van der Waals surface area contributed by atoms with Crippen LogP contribution in [0, 0.1) is 0 Å². The summed E-state index contributed by atoms with van der Waals surface area (Å²) >= 11 is 0. The van der Waals surface area contributed by atoms with Gasteiger partial charge in [-0.05, 0) is 31.9 Å². The summed E-state index contributed by atoms with van der Waals surface area (Å²) in [6, 6.07) is 7.19. The second kappa shape index (κ2) is 6.45. The molecule has 1 aromatic rings. The first kappa shape index (κ1) is 13.7. The zero-order chi connectivity index (χ0) is 13.7. The maximum atomic E-state index is 12.3. The molecule has 4 nitrogen and oxygen atoms in total. The van der Waals surface area contributed by atoms with Gasteiger partial charge in [-0.1, -0.05) is 18.9 Å². The molecule has 1 saturated heterocycles. The Balaban J connectivity index is 1.94. The summed E-state index contributed by atoms with van der Waals surface area (Å²) in [6.45, 7) is 3.50. The average Bonchev–Trinajstić information content (AvgIpc) is 2.66. The maximum Gasteiger partial charge on any atom is 0.263 e. The van der Waals surface area contributed by atoms with Gasteiger partial charge in [0.15, 0.2) is 6.10 Å². The van der Waals surface area contributed by atoms with E-state index in [1.54, 1.807) is 19.1 Å². The van der Waals surface area contributed by atoms with E-state index in [-0.39, 0.29) is 5.91 Å². The predicted octanol–water partition coefficient (Wildman–Crippen LogP) is 2.44. The molecule has 0 unspecified atom stereocenters. The van der Waals surface area contributed by atoms with Crippen LogP contribution < -0.4 is 10.5 Å². The molecule has 1 heterocycles. The minimum absolute atomic E-state index is 0.0734. The number of amides is 1. The summed E-state index contributed by atoms with van der Waals surface area (Å²) in [5.74, 6) is 0.722. The molecular weight excluding hydrogens is 240 g/mol. The van der Waals surface area contributed by atoms with E-state index < -0.39 is 6.10 Å². The number of carbonyl (C=O) groups is 1. The lowest BCUT2D eigenvalue weighted by Crippen LogP contribution is -2.40. The van der Waals surface area contributed by atoms with Crippen molar-refractivity contribution < 1.29 is 9.53 Å². The summed E-state index contributed by atoms with van der Waals surface area (Å²) in [6.07, 6.45) is 4.16. The minimum Gasteiger partial charge on any atom is -0.481 e. The zero-order valence-electron chi connectivity index (χ0n) is 11.5. The van der Waals surface area contributed by atoms with Crippen LogP contribution in [0.25, 0.3) is 0 Å². The van der Waals surface area contributed by atoms with Crippen molar-refractivity contribution in [3.8, 4) is 5.75 Å². The van der Waals surface area contributed by atoms with E-state index >= 15 is 0 Å². The molecule has 4 heteroatoms. The second-order valence-electron chi connectivity index (χ2n) is 5.07. The third-order valence-corrected chi connectivity index (χ3v) is 3.44. The van der Waals surface area contributed by atoms with Crippen molar-refractivity contribution in [1.29, 1.82) is 0 Å². The number of likely N-dealkylation sites (tertiary alicyclic amines) is 1. The first-order valence-electron chi connectivity index (χ1n) is 6.98. The number of rotatable bonds is 3. The molecule has 1 fully saturated rings. The Morgan fingerprint density at radius 3 is 2.58 bits per heavy atom. The van der Waals surface area contributed by atoms with Gasteiger partial charge in [0.05, 0.1) is 0 Å². The van der Waals surface area contributed by atoms with Crippen molar-refractivity contribution in [3.05, 3.63) is 24.3 Å². The molecule has 1 aliphatic rings. The van der Waals surface area contributed by atoms with Gasteiger partial charge in [-0.2, -0.15) is 0 Å². The van der Waals surface area contributed by atoms with Crippen molar-refractivity contribution >= 4 is 11.6 Å². The number of benzene rings is 1. The highest BCUT2D eigenvalue weighted by molar-refractivity contribution is 5.81. The van der Waals surface area contributed by atoms with Gasteiger partial charge in [-0.3, -0.25) is 4.79 Å². The molecule has 0 bridgehead atoms. The van der Waals surface area contributed by atoms with E-state index in [1.807, 2.05) is 17.0 Å². The van der Waals surface area contributed by atoms with Crippen molar-refractivity contribution in [2.24, 2.45) is 0 Å². The molecule has 19 heavy (non-hydrogen) atoms. The van der Waals surface area contributed by atoms with Gasteiger partial charge in [-0.25, -0.2) is 0 Å². The molecule has 0 aromatic heterocycles. The number of hydrogen-bond acceptors (Lipinski definition) is 3. The standard InChI is InChI=1S/C15H22N2O2/c1-12(19-14-8-6-7-13(16)11-14)15(18)17-9-4-2-3-5-10-17/h6-8,11-12H,2-5,9-10,16H2,1H3/t12-/m0/s1. The number of nitrogens with two attached hydrogens (primary N) is 1. The van der Waals surface area contributed by atoms with Crippen molar-refractivity contribution in [2.75, 3.05) is 18.8 Å². The average molecular weight is 262 g/mol. The quantitative estimate of drug-likeness (QED) is 0.851. The van der Waals surface area contributed by atoms with Crippen LogP contribution in [0.2, 0.25) is 0 Å². The van der Waals surface area contributed by atoms with E-state index in [2.05, 4.69) is 0 Å². The van der Waals surface area contributed by atoms with E-state index in [1.165, 1.54) is 12.8 Å². The molecular formula is C15H22N2O2. The highest BCUT2D eigenvalue weighted by Gasteiger charge is 2.22. The first-order valence-corrected chi connectivity index (χ1v) is 6.98. The van der Waals surface area contributed by atoms with Crippen molar-refractivity contribution in [3.63, 3.8) is 0 Å². The van der Waals surface area contributed by atoms with E-state index in [0.717, 1.165) is 25.9 Å². The predicted molar refractivity (Wildman–Crippen MR) is 76.0 cm³/mol. The first-order chi connectivity index (χ1) is 9.16. The van der Waals surface area contributed by atoms with E-state index in [9.17, 15) is 4.79 Å². The van der Waals surface area contributed by atoms with Crippen LogP contribution in [0.5, 0.6) is 5.75 Å². The molecule has 0 spiro atoms. The van der Waals surface area contributed by atoms with Gasteiger partial charge in [-0.15, -0.1) is 0 Å². The van der Waals surface area contributed by atoms with Crippen LogP contribution in [-0.2, 0) is 4.79 Å². The monoisotopic (exact) mass is 262 g/mol. The molecule has 1 atom stereocenters. The van der Waals surface area contributed by atoms with Gasteiger partial charge in [0.1, 0.15) is 5.75 Å². The maximum absolute atomic E-state index is 12.3. The number of anilines is 1. The molecule has 104 valence electrons. The molecule has 0 saturated carbocycles.